The zero-order valence-corrected chi connectivity index (χ0v) is 9.31. The van der Waals surface area contributed by atoms with E-state index in [9.17, 15) is 4.79 Å². The lowest BCUT2D eigenvalue weighted by atomic mass is 10.3. The second-order valence-corrected chi connectivity index (χ2v) is 3.73. The van der Waals surface area contributed by atoms with Gasteiger partial charge in [0.1, 0.15) is 5.65 Å². The minimum absolute atomic E-state index is 0.0326. The third kappa shape index (κ3) is 2.39. The van der Waals surface area contributed by atoms with E-state index in [4.69, 9.17) is 0 Å². The molecule has 2 heterocycles. The average Bonchev–Trinajstić information content (AvgIpc) is 2.68. The first-order valence-electron chi connectivity index (χ1n) is 5.49. The first-order chi connectivity index (χ1) is 7.79. The third-order valence-electron chi connectivity index (χ3n) is 2.33. The summed E-state index contributed by atoms with van der Waals surface area (Å²) in [6, 6.07) is 5.80. The number of rotatable bonds is 4. The van der Waals surface area contributed by atoms with Gasteiger partial charge in [0.2, 0.25) is 5.91 Å². The molecule has 2 aromatic heterocycles. The van der Waals surface area contributed by atoms with Crippen LogP contribution in [-0.4, -0.2) is 21.8 Å². The highest BCUT2D eigenvalue weighted by molar-refractivity contribution is 5.78. The molecule has 0 saturated heterocycles. The van der Waals surface area contributed by atoms with E-state index in [1.165, 1.54) is 0 Å². The van der Waals surface area contributed by atoms with Crippen molar-refractivity contribution in [1.29, 1.82) is 0 Å². The number of imidazole rings is 1. The third-order valence-corrected chi connectivity index (χ3v) is 2.33. The fraction of sp³-hybridized carbons (Fsp3) is 0.333. The smallest absolute Gasteiger partial charge is 0.226 e. The van der Waals surface area contributed by atoms with Gasteiger partial charge in [-0.3, -0.25) is 4.79 Å². The molecular weight excluding hydrogens is 202 g/mol. The SMILES string of the molecule is CCCNC(=O)Cc1cn2ccccc2n1. The second kappa shape index (κ2) is 4.79. The summed E-state index contributed by atoms with van der Waals surface area (Å²) in [5.41, 5.74) is 1.68. The number of fused-ring (bicyclic) bond motifs is 1. The Hall–Kier alpha value is -1.84. The minimum Gasteiger partial charge on any atom is -0.356 e. The van der Waals surface area contributed by atoms with E-state index in [1.54, 1.807) is 0 Å². The van der Waals surface area contributed by atoms with Crippen LogP contribution in [-0.2, 0) is 11.2 Å². The van der Waals surface area contributed by atoms with E-state index >= 15 is 0 Å². The molecule has 0 aliphatic carbocycles. The molecule has 0 aliphatic heterocycles. The van der Waals surface area contributed by atoms with Gasteiger partial charge in [0.05, 0.1) is 12.1 Å². The number of nitrogens with one attached hydrogen (secondary N) is 1. The van der Waals surface area contributed by atoms with Crippen molar-refractivity contribution in [1.82, 2.24) is 14.7 Å². The Kier molecular flexibility index (Phi) is 3.19. The van der Waals surface area contributed by atoms with Crippen LogP contribution in [0.15, 0.2) is 30.6 Å². The Bertz CT molecular complexity index is 457. The molecule has 1 N–H and O–H groups in total. The molecule has 0 bridgehead atoms. The summed E-state index contributed by atoms with van der Waals surface area (Å²) in [7, 11) is 0. The molecule has 16 heavy (non-hydrogen) atoms. The highest BCUT2D eigenvalue weighted by Crippen LogP contribution is 2.04. The molecule has 0 aliphatic rings. The summed E-state index contributed by atoms with van der Waals surface area (Å²) >= 11 is 0. The van der Waals surface area contributed by atoms with Gasteiger partial charge in [-0.05, 0) is 18.6 Å². The second-order valence-electron chi connectivity index (χ2n) is 3.73. The van der Waals surface area contributed by atoms with Gasteiger partial charge < -0.3 is 9.72 Å². The van der Waals surface area contributed by atoms with Crippen molar-refractivity contribution >= 4 is 11.6 Å². The van der Waals surface area contributed by atoms with Gasteiger partial charge in [-0.25, -0.2) is 4.98 Å². The molecule has 0 spiro atoms. The normalized spacial score (nSPS) is 10.6. The van der Waals surface area contributed by atoms with E-state index in [0.29, 0.717) is 6.42 Å². The number of amides is 1. The van der Waals surface area contributed by atoms with Crippen LogP contribution >= 0.6 is 0 Å². The van der Waals surface area contributed by atoms with Gasteiger partial charge in [0.25, 0.3) is 0 Å². The summed E-state index contributed by atoms with van der Waals surface area (Å²) in [6.07, 6.45) is 5.12. The van der Waals surface area contributed by atoms with Gasteiger partial charge >= 0.3 is 0 Å². The number of carbonyl (C=O) groups excluding carboxylic acids is 1. The monoisotopic (exact) mass is 217 g/mol. The van der Waals surface area contributed by atoms with Gasteiger partial charge in [-0.2, -0.15) is 0 Å². The molecule has 0 unspecified atom stereocenters. The number of hydrogen-bond acceptors (Lipinski definition) is 2. The predicted molar refractivity (Wildman–Crippen MR) is 62.2 cm³/mol. The maximum Gasteiger partial charge on any atom is 0.226 e. The van der Waals surface area contributed by atoms with Gasteiger partial charge in [-0.15, -0.1) is 0 Å². The molecule has 0 aromatic carbocycles. The quantitative estimate of drug-likeness (QED) is 0.841. The molecule has 4 heteroatoms. The number of hydrogen-bond donors (Lipinski definition) is 1. The first-order valence-corrected chi connectivity index (χ1v) is 5.49. The molecular formula is C12H15N3O. The molecule has 0 radical (unpaired) electrons. The Balaban J connectivity index is 2.07. The van der Waals surface area contributed by atoms with Crippen molar-refractivity contribution in [2.24, 2.45) is 0 Å². The van der Waals surface area contributed by atoms with E-state index < -0.39 is 0 Å². The molecule has 0 fully saturated rings. The summed E-state index contributed by atoms with van der Waals surface area (Å²) in [4.78, 5) is 15.9. The van der Waals surface area contributed by atoms with E-state index in [0.717, 1.165) is 24.3 Å². The maximum atomic E-state index is 11.5. The molecule has 2 rings (SSSR count). The molecule has 4 nitrogen and oxygen atoms in total. The highest BCUT2D eigenvalue weighted by Gasteiger charge is 2.06. The van der Waals surface area contributed by atoms with Crippen LogP contribution in [0.25, 0.3) is 5.65 Å². The zero-order chi connectivity index (χ0) is 11.4. The largest absolute Gasteiger partial charge is 0.356 e. The molecule has 1 amide bonds. The van der Waals surface area contributed by atoms with Crippen LogP contribution in [0.2, 0.25) is 0 Å². The van der Waals surface area contributed by atoms with Crippen molar-refractivity contribution < 1.29 is 4.79 Å². The van der Waals surface area contributed by atoms with E-state index in [2.05, 4.69) is 10.3 Å². The Morgan fingerprint density at radius 3 is 3.12 bits per heavy atom. The summed E-state index contributed by atoms with van der Waals surface area (Å²) in [5.74, 6) is 0.0326. The fourth-order valence-corrected chi connectivity index (χ4v) is 1.56. The minimum atomic E-state index is 0.0326. The number of nitrogens with zero attached hydrogens (tertiary/aromatic N) is 2. The van der Waals surface area contributed by atoms with Crippen LogP contribution in [0.4, 0.5) is 0 Å². The van der Waals surface area contributed by atoms with Crippen LogP contribution < -0.4 is 5.32 Å². The topological polar surface area (TPSA) is 46.4 Å². The zero-order valence-electron chi connectivity index (χ0n) is 9.31. The Morgan fingerprint density at radius 1 is 1.50 bits per heavy atom. The summed E-state index contributed by atoms with van der Waals surface area (Å²) < 4.78 is 1.92. The molecule has 2 aromatic rings. The number of aromatic nitrogens is 2. The van der Waals surface area contributed by atoms with E-state index in [1.807, 2.05) is 41.9 Å². The van der Waals surface area contributed by atoms with E-state index in [-0.39, 0.29) is 5.91 Å². The maximum absolute atomic E-state index is 11.5. The summed E-state index contributed by atoms with van der Waals surface area (Å²) in [5, 5.41) is 2.84. The Labute approximate surface area is 94.3 Å². The first kappa shape index (κ1) is 10.7. The van der Waals surface area contributed by atoms with Gasteiger partial charge in [-0.1, -0.05) is 13.0 Å². The Morgan fingerprint density at radius 2 is 2.38 bits per heavy atom. The van der Waals surface area contributed by atoms with Crippen molar-refractivity contribution in [3.8, 4) is 0 Å². The standard InChI is InChI=1S/C12H15N3O/c1-2-6-13-12(16)8-10-9-15-7-4-3-5-11(15)14-10/h3-5,7,9H,2,6,8H2,1H3,(H,13,16). The lowest BCUT2D eigenvalue weighted by Gasteiger charge is -1.99. The number of pyridine rings is 1. The molecule has 0 saturated carbocycles. The van der Waals surface area contributed by atoms with Crippen molar-refractivity contribution in [3.05, 3.63) is 36.3 Å². The van der Waals surface area contributed by atoms with Crippen LogP contribution in [0.5, 0.6) is 0 Å². The van der Waals surface area contributed by atoms with Gasteiger partial charge in [0.15, 0.2) is 0 Å². The summed E-state index contributed by atoms with van der Waals surface area (Å²) in [6.45, 7) is 2.76. The van der Waals surface area contributed by atoms with Crippen LogP contribution in [0.3, 0.4) is 0 Å². The molecule has 0 atom stereocenters. The van der Waals surface area contributed by atoms with Crippen molar-refractivity contribution in [2.45, 2.75) is 19.8 Å². The van der Waals surface area contributed by atoms with Crippen LogP contribution in [0.1, 0.15) is 19.0 Å². The van der Waals surface area contributed by atoms with Crippen LogP contribution in [0, 0.1) is 0 Å². The lowest BCUT2D eigenvalue weighted by Crippen LogP contribution is -2.25. The highest BCUT2D eigenvalue weighted by atomic mass is 16.1. The van der Waals surface area contributed by atoms with Crippen molar-refractivity contribution in [3.63, 3.8) is 0 Å². The molecule has 84 valence electrons. The van der Waals surface area contributed by atoms with Crippen molar-refractivity contribution in [2.75, 3.05) is 6.54 Å². The fourth-order valence-electron chi connectivity index (χ4n) is 1.56. The van der Waals surface area contributed by atoms with Gasteiger partial charge in [0, 0.05) is 18.9 Å². The number of carbonyl (C=O) groups is 1. The lowest BCUT2D eigenvalue weighted by molar-refractivity contribution is -0.120. The predicted octanol–water partition coefficient (Wildman–Crippen LogP) is 1.40. The average molecular weight is 217 g/mol.